The van der Waals surface area contributed by atoms with Gasteiger partial charge in [-0.15, -0.1) is 0 Å². The van der Waals surface area contributed by atoms with Gasteiger partial charge in [-0.05, 0) is 43.5 Å². The Hall–Kier alpha value is -2.87. The van der Waals surface area contributed by atoms with Gasteiger partial charge in [0, 0.05) is 23.8 Å². The smallest absolute Gasteiger partial charge is 0.252 e. The zero-order valence-electron chi connectivity index (χ0n) is 16.1. The van der Waals surface area contributed by atoms with E-state index in [2.05, 4.69) is 15.6 Å². The monoisotopic (exact) mass is 387 g/mol. The first-order chi connectivity index (χ1) is 13.4. The second-order valence-corrected chi connectivity index (χ2v) is 7.14. The van der Waals surface area contributed by atoms with Crippen molar-refractivity contribution in [2.24, 2.45) is 11.5 Å². The van der Waals surface area contributed by atoms with Crippen LogP contribution in [0.25, 0.3) is 0 Å². The molecule has 3 rings (SSSR count). The van der Waals surface area contributed by atoms with Crippen LogP contribution in [0.5, 0.6) is 5.75 Å². The van der Waals surface area contributed by atoms with Crippen molar-refractivity contribution < 1.29 is 13.9 Å². The van der Waals surface area contributed by atoms with E-state index in [-0.39, 0.29) is 29.3 Å². The predicted molar refractivity (Wildman–Crippen MR) is 108 cm³/mol. The molecule has 2 aromatic rings. The fraction of sp³-hybridized carbons (Fsp3) is 0.400. The molecule has 1 aromatic heterocycles. The summed E-state index contributed by atoms with van der Waals surface area (Å²) in [4.78, 5) is 16.1. The number of carbonyl (C=O) groups is 1. The number of hydrogen-bond acceptors (Lipinski definition) is 6. The SMILES string of the molecule is COc1cc(C)cc(Nc2nc(N[C@@H]3CCCC[C@H]3N)c(F)cc2C(N)=O)c1. The number of aryl methyl sites for hydroxylation is 1. The number of pyridine rings is 1. The molecule has 2 atom stereocenters. The van der Waals surface area contributed by atoms with Gasteiger partial charge in [0.15, 0.2) is 11.6 Å². The highest BCUT2D eigenvalue weighted by atomic mass is 19.1. The van der Waals surface area contributed by atoms with Gasteiger partial charge >= 0.3 is 0 Å². The van der Waals surface area contributed by atoms with Crippen LogP contribution in [0.15, 0.2) is 24.3 Å². The number of ether oxygens (including phenoxy) is 1. The number of carbonyl (C=O) groups excluding carboxylic acids is 1. The summed E-state index contributed by atoms with van der Waals surface area (Å²) < 4.78 is 19.8. The summed E-state index contributed by atoms with van der Waals surface area (Å²) in [6.45, 7) is 1.91. The van der Waals surface area contributed by atoms with Gasteiger partial charge in [0.25, 0.3) is 5.91 Å². The number of methoxy groups -OCH3 is 1. The molecular formula is C20H26FN5O2. The van der Waals surface area contributed by atoms with Gasteiger partial charge in [0.05, 0.1) is 12.7 Å². The lowest BCUT2D eigenvalue weighted by Gasteiger charge is -2.30. The summed E-state index contributed by atoms with van der Waals surface area (Å²) in [7, 11) is 1.57. The molecule has 150 valence electrons. The molecule has 1 saturated carbocycles. The molecule has 1 aromatic carbocycles. The van der Waals surface area contributed by atoms with Crippen molar-refractivity contribution in [2.75, 3.05) is 17.7 Å². The molecule has 0 aliphatic heterocycles. The van der Waals surface area contributed by atoms with E-state index in [1.807, 2.05) is 19.1 Å². The van der Waals surface area contributed by atoms with Gasteiger partial charge in [0.1, 0.15) is 11.6 Å². The maximum atomic E-state index is 14.6. The van der Waals surface area contributed by atoms with E-state index in [0.29, 0.717) is 11.4 Å². The van der Waals surface area contributed by atoms with Crippen LogP contribution in [0.1, 0.15) is 41.6 Å². The quantitative estimate of drug-likeness (QED) is 0.605. The summed E-state index contributed by atoms with van der Waals surface area (Å²) in [5.74, 6) is -0.534. The highest BCUT2D eigenvalue weighted by Gasteiger charge is 2.24. The third-order valence-corrected chi connectivity index (χ3v) is 4.93. The summed E-state index contributed by atoms with van der Waals surface area (Å²) in [5, 5.41) is 6.15. The molecule has 8 heteroatoms. The maximum Gasteiger partial charge on any atom is 0.252 e. The number of halogens is 1. The number of aromatic nitrogens is 1. The van der Waals surface area contributed by atoms with E-state index in [4.69, 9.17) is 16.2 Å². The number of amides is 1. The van der Waals surface area contributed by atoms with Crippen molar-refractivity contribution in [3.63, 3.8) is 0 Å². The molecule has 7 nitrogen and oxygen atoms in total. The minimum atomic E-state index is -0.769. The second-order valence-electron chi connectivity index (χ2n) is 7.14. The zero-order valence-corrected chi connectivity index (χ0v) is 16.1. The minimum Gasteiger partial charge on any atom is -0.497 e. The topological polar surface area (TPSA) is 115 Å². The molecule has 1 amide bonds. The normalized spacial score (nSPS) is 19.1. The molecule has 1 fully saturated rings. The maximum absolute atomic E-state index is 14.6. The van der Waals surface area contributed by atoms with E-state index < -0.39 is 11.7 Å². The van der Waals surface area contributed by atoms with Crippen LogP contribution in [0.4, 0.5) is 21.7 Å². The van der Waals surface area contributed by atoms with Crippen molar-refractivity contribution in [3.8, 4) is 5.75 Å². The van der Waals surface area contributed by atoms with E-state index >= 15 is 0 Å². The minimum absolute atomic E-state index is 0.0311. The van der Waals surface area contributed by atoms with Gasteiger partial charge < -0.3 is 26.8 Å². The number of primary amides is 1. The number of anilines is 3. The van der Waals surface area contributed by atoms with Gasteiger partial charge in [-0.3, -0.25) is 4.79 Å². The molecule has 0 saturated heterocycles. The molecule has 28 heavy (non-hydrogen) atoms. The Morgan fingerprint density at radius 2 is 1.96 bits per heavy atom. The lowest BCUT2D eigenvalue weighted by Crippen LogP contribution is -2.43. The standard InChI is InChI=1S/C20H26FN5O2/c1-11-7-12(9-13(8-11)28-2)24-19-14(18(23)27)10-15(21)20(26-19)25-17-6-4-3-5-16(17)22/h7-10,16-17H,3-6,22H2,1-2H3,(H2,23,27)(H2,24,25,26)/t16-,17-/m1/s1. The van der Waals surface area contributed by atoms with Crippen molar-refractivity contribution in [1.29, 1.82) is 0 Å². The number of nitrogens with one attached hydrogen (secondary N) is 2. The Kier molecular flexibility index (Phi) is 5.99. The Morgan fingerprint density at radius 1 is 1.21 bits per heavy atom. The molecule has 6 N–H and O–H groups in total. The van der Waals surface area contributed by atoms with E-state index in [1.54, 1.807) is 13.2 Å². The first kappa shape index (κ1) is 19.9. The number of nitrogens with zero attached hydrogens (tertiary/aromatic N) is 1. The Balaban J connectivity index is 1.94. The first-order valence-corrected chi connectivity index (χ1v) is 9.32. The van der Waals surface area contributed by atoms with Crippen LogP contribution in [0, 0.1) is 12.7 Å². The number of hydrogen-bond donors (Lipinski definition) is 4. The van der Waals surface area contributed by atoms with E-state index in [9.17, 15) is 9.18 Å². The second kappa shape index (κ2) is 8.43. The fourth-order valence-corrected chi connectivity index (χ4v) is 3.46. The Bertz CT molecular complexity index is 874. The highest BCUT2D eigenvalue weighted by Crippen LogP contribution is 2.28. The van der Waals surface area contributed by atoms with Gasteiger partial charge in [-0.25, -0.2) is 9.37 Å². The number of rotatable bonds is 6. The Labute approximate surface area is 163 Å². The summed E-state index contributed by atoms with van der Waals surface area (Å²) in [6, 6.07) is 6.46. The van der Waals surface area contributed by atoms with Crippen LogP contribution >= 0.6 is 0 Å². The summed E-state index contributed by atoms with van der Waals surface area (Å²) in [5.41, 5.74) is 13.2. The third kappa shape index (κ3) is 4.51. The molecule has 0 unspecified atom stereocenters. The average molecular weight is 387 g/mol. The highest BCUT2D eigenvalue weighted by molar-refractivity contribution is 5.98. The van der Waals surface area contributed by atoms with Crippen LogP contribution in [0.3, 0.4) is 0 Å². The van der Waals surface area contributed by atoms with E-state index in [1.165, 1.54) is 0 Å². The van der Waals surface area contributed by atoms with Crippen molar-refractivity contribution in [2.45, 2.75) is 44.7 Å². The molecule has 1 heterocycles. The van der Waals surface area contributed by atoms with Crippen molar-refractivity contribution in [1.82, 2.24) is 4.98 Å². The largest absolute Gasteiger partial charge is 0.497 e. The fourth-order valence-electron chi connectivity index (χ4n) is 3.46. The lowest BCUT2D eigenvalue weighted by atomic mass is 9.91. The van der Waals surface area contributed by atoms with Gasteiger partial charge in [0.2, 0.25) is 0 Å². The van der Waals surface area contributed by atoms with Crippen molar-refractivity contribution >= 4 is 23.2 Å². The number of nitrogens with two attached hydrogens (primary N) is 2. The van der Waals surface area contributed by atoms with Gasteiger partial charge in [-0.2, -0.15) is 0 Å². The predicted octanol–water partition coefficient (Wildman–Crippen LogP) is 3.06. The van der Waals surface area contributed by atoms with Crippen LogP contribution in [0.2, 0.25) is 0 Å². The van der Waals surface area contributed by atoms with Crippen LogP contribution in [-0.4, -0.2) is 30.1 Å². The Morgan fingerprint density at radius 3 is 2.64 bits per heavy atom. The molecule has 0 bridgehead atoms. The first-order valence-electron chi connectivity index (χ1n) is 9.32. The third-order valence-electron chi connectivity index (χ3n) is 4.93. The molecule has 1 aliphatic carbocycles. The van der Waals surface area contributed by atoms with Crippen LogP contribution in [-0.2, 0) is 0 Å². The summed E-state index contributed by atoms with van der Waals surface area (Å²) >= 11 is 0. The number of benzene rings is 1. The summed E-state index contributed by atoms with van der Waals surface area (Å²) in [6.07, 6.45) is 3.82. The average Bonchev–Trinajstić information content (AvgIpc) is 2.65. The molecule has 0 spiro atoms. The van der Waals surface area contributed by atoms with Crippen molar-refractivity contribution in [3.05, 3.63) is 41.2 Å². The molecule has 0 radical (unpaired) electrons. The molecule has 1 aliphatic rings. The zero-order chi connectivity index (χ0) is 20.3. The molecular weight excluding hydrogens is 361 g/mol. The van der Waals surface area contributed by atoms with Crippen LogP contribution < -0.4 is 26.8 Å². The van der Waals surface area contributed by atoms with Gasteiger partial charge in [-0.1, -0.05) is 12.8 Å². The van der Waals surface area contributed by atoms with E-state index in [0.717, 1.165) is 37.3 Å². The lowest BCUT2D eigenvalue weighted by molar-refractivity contribution is 0.100.